The fourth-order valence-electron chi connectivity index (χ4n) is 2.52. The summed E-state index contributed by atoms with van der Waals surface area (Å²) >= 11 is 0. The summed E-state index contributed by atoms with van der Waals surface area (Å²) in [4.78, 5) is 48.6. The molecule has 0 aliphatic heterocycles. The summed E-state index contributed by atoms with van der Waals surface area (Å²) in [6.07, 6.45) is -1.93. The number of furan rings is 1. The Bertz CT molecular complexity index is 855. The molecule has 134 valence electrons. The average Bonchev–Trinajstić information content (AvgIpc) is 3.10. The van der Waals surface area contributed by atoms with Crippen LogP contribution in [0.2, 0.25) is 0 Å². The number of Topliss-reactive ketones (excluding diaryl/α,β-unsaturated/α-hetero) is 1. The fraction of sp³-hybridized carbons (Fsp3) is 0.222. The lowest BCUT2D eigenvalue weighted by atomic mass is 9.88. The van der Waals surface area contributed by atoms with Crippen LogP contribution >= 0.6 is 0 Å². The number of hydrogen-bond donors (Lipinski definition) is 2. The molecule has 0 saturated heterocycles. The summed E-state index contributed by atoms with van der Waals surface area (Å²) in [5.74, 6) is -3.19. The van der Waals surface area contributed by atoms with Crippen molar-refractivity contribution in [1.29, 1.82) is 0 Å². The van der Waals surface area contributed by atoms with E-state index in [0.717, 1.165) is 6.07 Å². The van der Waals surface area contributed by atoms with E-state index in [1.54, 1.807) is 12.1 Å². The molecule has 8 nitrogen and oxygen atoms in total. The lowest BCUT2D eigenvalue weighted by molar-refractivity contribution is -0.146. The molecule has 1 aliphatic rings. The standard InChI is InChI=1S/C18H14O8/c19-7-9(20)8-25-15(22)6-13(21)14-5-12-16(23)10-3-1-2-4-11(10)17(24)18(12)26-14/h1-5,9,19-20H,6-8H2. The number of benzene rings is 1. The van der Waals surface area contributed by atoms with E-state index < -0.39 is 49.1 Å². The van der Waals surface area contributed by atoms with Crippen molar-refractivity contribution in [2.24, 2.45) is 0 Å². The van der Waals surface area contributed by atoms with Crippen molar-refractivity contribution in [3.8, 4) is 0 Å². The zero-order chi connectivity index (χ0) is 18.8. The zero-order valence-corrected chi connectivity index (χ0v) is 13.4. The maximum Gasteiger partial charge on any atom is 0.313 e. The van der Waals surface area contributed by atoms with Gasteiger partial charge in [-0.3, -0.25) is 19.2 Å². The van der Waals surface area contributed by atoms with Crippen LogP contribution in [-0.2, 0) is 9.53 Å². The van der Waals surface area contributed by atoms with E-state index in [4.69, 9.17) is 14.6 Å². The number of ketones is 3. The summed E-state index contributed by atoms with van der Waals surface area (Å²) in [6, 6.07) is 7.38. The molecule has 0 bridgehead atoms. The lowest BCUT2D eigenvalue weighted by Crippen LogP contribution is -2.23. The van der Waals surface area contributed by atoms with Gasteiger partial charge in [-0.1, -0.05) is 24.3 Å². The molecular formula is C18H14O8. The number of aliphatic hydroxyl groups is 2. The number of aliphatic hydroxyl groups excluding tert-OH is 2. The van der Waals surface area contributed by atoms with E-state index in [2.05, 4.69) is 4.74 Å². The van der Waals surface area contributed by atoms with Crippen LogP contribution in [0.25, 0.3) is 0 Å². The summed E-state index contributed by atoms with van der Waals surface area (Å²) in [5, 5.41) is 17.7. The van der Waals surface area contributed by atoms with Gasteiger partial charge in [-0.15, -0.1) is 0 Å². The van der Waals surface area contributed by atoms with Crippen LogP contribution in [0.5, 0.6) is 0 Å². The van der Waals surface area contributed by atoms with Gasteiger partial charge in [-0.05, 0) is 6.07 Å². The van der Waals surface area contributed by atoms with E-state index in [0.29, 0.717) is 0 Å². The first-order valence-electron chi connectivity index (χ1n) is 7.72. The van der Waals surface area contributed by atoms with Crippen LogP contribution in [0, 0.1) is 0 Å². The van der Waals surface area contributed by atoms with Gasteiger partial charge in [0.1, 0.15) is 19.1 Å². The highest BCUT2D eigenvalue weighted by Gasteiger charge is 2.34. The van der Waals surface area contributed by atoms with Crippen LogP contribution in [0.3, 0.4) is 0 Å². The molecule has 0 spiro atoms. The second kappa shape index (κ2) is 7.03. The quantitative estimate of drug-likeness (QED) is 0.370. The molecule has 3 rings (SSSR count). The van der Waals surface area contributed by atoms with Gasteiger partial charge in [0.15, 0.2) is 17.3 Å². The van der Waals surface area contributed by atoms with E-state index in [1.807, 2.05) is 0 Å². The first kappa shape index (κ1) is 17.7. The molecule has 26 heavy (non-hydrogen) atoms. The number of esters is 1. The van der Waals surface area contributed by atoms with Crippen molar-refractivity contribution in [2.45, 2.75) is 12.5 Å². The largest absolute Gasteiger partial charge is 0.462 e. The molecule has 1 aliphatic carbocycles. The first-order valence-corrected chi connectivity index (χ1v) is 7.72. The Hall–Kier alpha value is -3.10. The van der Waals surface area contributed by atoms with Gasteiger partial charge >= 0.3 is 5.97 Å². The molecule has 0 fully saturated rings. The van der Waals surface area contributed by atoms with Crippen LogP contribution < -0.4 is 0 Å². The number of fused-ring (bicyclic) bond motifs is 2. The minimum absolute atomic E-state index is 0.0267. The van der Waals surface area contributed by atoms with Crippen LogP contribution in [-0.4, -0.2) is 52.8 Å². The van der Waals surface area contributed by atoms with E-state index >= 15 is 0 Å². The molecule has 1 heterocycles. The maximum absolute atomic E-state index is 12.5. The highest BCUT2D eigenvalue weighted by molar-refractivity contribution is 6.28. The minimum atomic E-state index is -1.24. The van der Waals surface area contributed by atoms with Crippen molar-refractivity contribution >= 4 is 23.3 Å². The summed E-state index contributed by atoms with van der Waals surface area (Å²) in [6.45, 7) is -1.04. The summed E-state index contributed by atoms with van der Waals surface area (Å²) in [7, 11) is 0. The third-order valence-corrected chi connectivity index (χ3v) is 3.83. The van der Waals surface area contributed by atoms with Gasteiger partial charge in [0.2, 0.25) is 11.6 Å². The van der Waals surface area contributed by atoms with E-state index in [1.165, 1.54) is 12.1 Å². The number of carbonyl (C=O) groups excluding carboxylic acids is 4. The van der Waals surface area contributed by atoms with Crippen molar-refractivity contribution in [2.75, 3.05) is 13.2 Å². The van der Waals surface area contributed by atoms with Crippen molar-refractivity contribution in [1.82, 2.24) is 0 Å². The van der Waals surface area contributed by atoms with Gasteiger partial charge in [0.25, 0.3) is 0 Å². The second-order valence-corrected chi connectivity index (χ2v) is 5.68. The second-order valence-electron chi connectivity index (χ2n) is 5.68. The SMILES string of the molecule is O=C(CC(=O)c1cc2c(o1)C(=O)c1ccccc1C2=O)OCC(O)CO. The van der Waals surface area contributed by atoms with Crippen LogP contribution in [0.4, 0.5) is 0 Å². The Morgan fingerprint density at radius 2 is 1.73 bits per heavy atom. The molecule has 0 radical (unpaired) electrons. The number of hydrogen-bond acceptors (Lipinski definition) is 8. The molecule has 1 unspecified atom stereocenters. The predicted octanol–water partition coefficient (Wildman–Crippen LogP) is 0.524. The normalized spacial score (nSPS) is 13.8. The lowest BCUT2D eigenvalue weighted by Gasteiger charge is -2.11. The number of ether oxygens (including phenoxy) is 1. The van der Waals surface area contributed by atoms with Gasteiger partial charge in [-0.2, -0.15) is 0 Å². The van der Waals surface area contributed by atoms with E-state index in [-0.39, 0.29) is 28.2 Å². The van der Waals surface area contributed by atoms with Crippen molar-refractivity contribution in [3.05, 3.63) is 58.5 Å². The minimum Gasteiger partial charge on any atom is -0.462 e. The molecule has 2 aromatic rings. The maximum atomic E-state index is 12.5. The third-order valence-electron chi connectivity index (χ3n) is 3.83. The fourth-order valence-corrected chi connectivity index (χ4v) is 2.52. The highest BCUT2D eigenvalue weighted by atomic mass is 16.5. The van der Waals surface area contributed by atoms with Crippen molar-refractivity contribution < 1.29 is 38.5 Å². The Balaban J connectivity index is 1.78. The third kappa shape index (κ3) is 3.19. The first-order chi connectivity index (χ1) is 12.4. The molecule has 1 aromatic carbocycles. The Labute approximate surface area is 147 Å². The summed E-state index contributed by atoms with van der Waals surface area (Å²) < 4.78 is 9.87. The average molecular weight is 358 g/mol. The Kier molecular flexibility index (Phi) is 4.79. The van der Waals surface area contributed by atoms with Crippen LogP contribution in [0.1, 0.15) is 49.0 Å². The predicted molar refractivity (Wildman–Crippen MR) is 85.0 cm³/mol. The molecule has 1 aromatic heterocycles. The topological polar surface area (TPSA) is 131 Å². The van der Waals surface area contributed by atoms with Gasteiger partial charge < -0.3 is 19.4 Å². The highest BCUT2D eigenvalue weighted by Crippen LogP contribution is 2.29. The van der Waals surface area contributed by atoms with Crippen LogP contribution in [0.15, 0.2) is 34.7 Å². The summed E-state index contributed by atoms with van der Waals surface area (Å²) in [5.41, 5.74) is 0.388. The van der Waals surface area contributed by atoms with Gasteiger partial charge in [0, 0.05) is 11.1 Å². The molecule has 0 amide bonds. The zero-order valence-electron chi connectivity index (χ0n) is 13.4. The Morgan fingerprint density at radius 3 is 2.38 bits per heavy atom. The van der Waals surface area contributed by atoms with Gasteiger partial charge in [-0.25, -0.2) is 0 Å². The molecule has 2 N–H and O–H groups in total. The van der Waals surface area contributed by atoms with Gasteiger partial charge in [0.05, 0.1) is 12.2 Å². The molecular weight excluding hydrogens is 344 g/mol. The molecule has 8 heteroatoms. The smallest absolute Gasteiger partial charge is 0.313 e. The molecule has 0 saturated carbocycles. The molecule has 1 atom stereocenters. The van der Waals surface area contributed by atoms with E-state index in [9.17, 15) is 19.2 Å². The Morgan fingerprint density at radius 1 is 1.08 bits per heavy atom. The monoisotopic (exact) mass is 358 g/mol. The number of carbonyl (C=O) groups is 4. The van der Waals surface area contributed by atoms with Crippen molar-refractivity contribution in [3.63, 3.8) is 0 Å². The number of rotatable bonds is 6.